The number of ether oxygens (including phenoxy) is 2. The van der Waals surface area contributed by atoms with Crippen molar-refractivity contribution in [2.24, 2.45) is 0 Å². The van der Waals surface area contributed by atoms with Crippen molar-refractivity contribution in [1.29, 1.82) is 0 Å². The number of rotatable bonds is 8. The Hall–Kier alpha value is -3.40. The summed E-state index contributed by atoms with van der Waals surface area (Å²) in [6, 6.07) is 21.3. The quantitative estimate of drug-likeness (QED) is 0.341. The van der Waals surface area contributed by atoms with E-state index in [-0.39, 0.29) is 0 Å². The SMILES string of the molecule is CCCc1ccc(OC(=O)c2ccc(C(=O)Oc3ccc(CCC)cc3)cc2)cc1. The molecule has 3 rings (SSSR count). The van der Waals surface area contributed by atoms with Gasteiger partial charge in [0, 0.05) is 0 Å². The Morgan fingerprint density at radius 2 is 0.900 bits per heavy atom. The summed E-state index contributed by atoms with van der Waals surface area (Å²) in [6.07, 6.45) is 4.12. The third-order valence-electron chi connectivity index (χ3n) is 4.70. The lowest BCUT2D eigenvalue weighted by atomic mass is 10.1. The van der Waals surface area contributed by atoms with Gasteiger partial charge in [0.2, 0.25) is 0 Å². The molecule has 0 aliphatic heterocycles. The van der Waals surface area contributed by atoms with Crippen molar-refractivity contribution in [1.82, 2.24) is 0 Å². The van der Waals surface area contributed by atoms with Crippen molar-refractivity contribution < 1.29 is 19.1 Å². The molecule has 0 fully saturated rings. The van der Waals surface area contributed by atoms with Gasteiger partial charge in [0.05, 0.1) is 11.1 Å². The lowest BCUT2D eigenvalue weighted by Crippen LogP contribution is -2.11. The van der Waals surface area contributed by atoms with Crippen molar-refractivity contribution in [2.45, 2.75) is 39.5 Å². The molecule has 0 aromatic heterocycles. The summed E-state index contributed by atoms with van der Waals surface area (Å²) >= 11 is 0. The summed E-state index contributed by atoms with van der Waals surface area (Å²) in [4.78, 5) is 24.7. The summed E-state index contributed by atoms with van der Waals surface area (Å²) in [7, 11) is 0. The van der Waals surface area contributed by atoms with Gasteiger partial charge in [-0.1, -0.05) is 51.0 Å². The lowest BCUT2D eigenvalue weighted by Gasteiger charge is -2.07. The maximum absolute atomic E-state index is 12.3. The predicted octanol–water partition coefficient (Wildman–Crippen LogP) is 6.03. The van der Waals surface area contributed by atoms with Crippen molar-refractivity contribution in [3.8, 4) is 11.5 Å². The van der Waals surface area contributed by atoms with Crippen molar-refractivity contribution >= 4 is 11.9 Å². The molecule has 3 aromatic carbocycles. The van der Waals surface area contributed by atoms with Crippen LogP contribution in [0.5, 0.6) is 11.5 Å². The number of hydrogen-bond donors (Lipinski definition) is 0. The van der Waals surface area contributed by atoms with Crippen LogP contribution in [-0.4, -0.2) is 11.9 Å². The smallest absolute Gasteiger partial charge is 0.343 e. The van der Waals surface area contributed by atoms with Gasteiger partial charge >= 0.3 is 11.9 Å². The molecule has 30 heavy (non-hydrogen) atoms. The third-order valence-corrected chi connectivity index (χ3v) is 4.70. The number of esters is 2. The minimum atomic E-state index is -0.468. The molecule has 0 N–H and O–H groups in total. The second kappa shape index (κ2) is 10.4. The molecule has 0 unspecified atom stereocenters. The zero-order chi connectivity index (χ0) is 21.3. The molecule has 4 heteroatoms. The summed E-state index contributed by atoms with van der Waals surface area (Å²) in [6.45, 7) is 4.24. The van der Waals surface area contributed by atoms with Crippen LogP contribution < -0.4 is 9.47 Å². The van der Waals surface area contributed by atoms with Crippen LogP contribution in [0.15, 0.2) is 72.8 Å². The number of aryl methyl sites for hydroxylation is 2. The molecule has 154 valence electrons. The normalized spacial score (nSPS) is 10.5. The molecule has 0 aliphatic carbocycles. The molecule has 0 radical (unpaired) electrons. The van der Waals surface area contributed by atoms with Crippen LogP contribution in [-0.2, 0) is 12.8 Å². The Balaban J connectivity index is 1.59. The van der Waals surface area contributed by atoms with Crippen molar-refractivity contribution in [2.75, 3.05) is 0 Å². The highest BCUT2D eigenvalue weighted by Gasteiger charge is 2.12. The van der Waals surface area contributed by atoms with Gasteiger partial charge in [0.1, 0.15) is 11.5 Å². The molecular formula is C26H26O4. The summed E-state index contributed by atoms with van der Waals surface area (Å²) < 4.78 is 10.8. The minimum Gasteiger partial charge on any atom is -0.423 e. The number of hydrogen-bond acceptors (Lipinski definition) is 4. The standard InChI is InChI=1S/C26H26O4/c1-3-5-19-7-15-23(16-8-19)29-25(27)21-11-13-22(14-12-21)26(28)30-24-17-9-20(6-4-2)10-18-24/h7-18H,3-6H2,1-2H3. The van der Waals surface area contributed by atoms with Gasteiger partial charge in [-0.3, -0.25) is 0 Å². The molecule has 4 nitrogen and oxygen atoms in total. The predicted molar refractivity (Wildman–Crippen MR) is 117 cm³/mol. The fourth-order valence-corrected chi connectivity index (χ4v) is 3.10. The van der Waals surface area contributed by atoms with Gasteiger partial charge in [-0.25, -0.2) is 9.59 Å². The van der Waals surface area contributed by atoms with Crippen LogP contribution >= 0.6 is 0 Å². The van der Waals surface area contributed by atoms with E-state index in [2.05, 4.69) is 13.8 Å². The highest BCUT2D eigenvalue weighted by atomic mass is 16.5. The average molecular weight is 402 g/mol. The fraction of sp³-hybridized carbons (Fsp3) is 0.231. The van der Waals surface area contributed by atoms with Gasteiger partial charge in [-0.15, -0.1) is 0 Å². The van der Waals surface area contributed by atoms with E-state index in [1.54, 1.807) is 48.5 Å². The fourth-order valence-electron chi connectivity index (χ4n) is 3.10. The first-order valence-electron chi connectivity index (χ1n) is 10.3. The van der Waals surface area contributed by atoms with E-state index in [1.807, 2.05) is 24.3 Å². The molecule has 3 aromatic rings. The first-order valence-corrected chi connectivity index (χ1v) is 10.3. The van der Waals surface area contributed by atoms with Crippen LogP contribution in [0.25, 0.3) is 0 Å². The number of carbonyl (C=O) groups is 2. The summed E-state index contributed by atoms with van der Waals surface area (Å²) in [5.41, 5.74) is 3.15. The van der Waals surface area contributed by atoms with E-state index < -0.39 is 11.9 Å². The zero-order valence-electron chi connectivity index (χ0n) is 17.4. The highest BCUT2D eigenvalue weighted by Crippen LogP contribution is 2.18. The van der Waals surface area contributed by atoms with Crippen LogP contribution in [0.1, 0.15) is 58.5 Å². The molecule has 0 atom stereocenters. The van der Waals surface area contributed by atoms with Gasteiger partial charge < -0.3 is 9.47 Å². The largest absolute Gasteiger partial charge is 0.423 e. The van der Waals surface area contributed by atoms with E-state index in [0.29, 0.717) is 22.6 Å². The maximum atomic E-state index is 12.3. The zero-order valence-corrected chi connectivity index (χ0v) is 17.4. The molecule has 0 aliphatic rings. The number of benzene rings is 3. The maximum Gasteiger partial charge on any atom is 0.343 e. The van der Waals surface area contributed by atoms with E-state index in [0.717, 1.165) is 25.7 Å². The molecule has 0 amide bonds. The molecular weight excluding hydrogens is 376 g/mol. The average Bonchev–Trinajstić information content (AvgIpc) is 2.77. The molecule has 0 saturated heterocycles. The number of carbonyl (C=O) groups excluding carboxylic acids is 2. The lowest BCUT2D eigenvalue weighted by molar-refractivity contribution is 0.0720. The first-order chi connectivity index (χ1) is 14.6. The van der Waals surface area contributed by atoms with Crippen LogP contribution in [0.2, 0.25) is 0 Å². The monoisotopic (exact) mass is 402 g/mol. The van der Waals surface area contributed by atoms with Crippen molar-refractivity contribution in [3.05, 3.63) is 95.1 Å². The van der Waals surface area contributed by atoms with Crippen LogP contribution in [0.4, 0.5) is 0 Å². The third kappa shape index (κ3) is 5.80. The second-order valence-electron chi connectivity index (χ2n) is 7.14. The van der Waals surface area contributed by atoms with Gasteiger partial charge in [0.25, 0.3) is 0 Å². The van der Waals surface area contributed by atoms with E-state index in [4.69, 9.17) is 9.47 Å². The van der Waals surface area contributed by atoms with Crippen molar-refractivity contribution in [3.63, 3.8) is 0 Å². The van der Waals surface area contributed by atoms with Gasteiger partial charge in [-0.05, 0) is 72.5 Å². The first kappa shape index (κ1) is 21.3. The van der Waals surface area contributed by atoms with Gasteiger partial charge in [0.15, 0.2) is 0 Å². The minimum absolute atomic E-state index is 0.369. The Kier molecular flexibility index (Phi) is 7.39. The molecule has 0 spiro atoms. The van der Waals surface area contributed by atoms with Crippen LogP contribution in [0, 0.1) is 0 Å². The Morgan fingerprint density at radius 3 is 1.20 bits per heavy atom. The second-order valence-corrected chi connectivity index (χ2v) is 7.14. The topological polar surface area (TPSA) is 52.6 Å². The molecule has 0 heterocycles. The van der Waals surface area contributed by atoms with E-state index in [9.17, 15) is 9.59 Å². The van der Waals surface area contributed by atoms with Gasteiger partial charge in [-0.2, -0.15) is 0 Å². The Morgan fingerprint density at radius 1 is 0.567 bits per heavy atom. The molecule has 0 bridgehead atoms. The van der Waals surface area contributed by atoms with Crippen LogP contribution in [0.3, 0.4) is 0 Å². The Bertz CT molecular complexity index is 889. The van der Waals surface area contributed by atoms with E-state index >= 15 is 0 Å². The summed E-state index contributed by atoms with van der Waals surface area (Å²) in [5, 5.41) is 0. The highest BCUT2D eigenvalue weighted by molar-refractivity contribution is 5.94. The Labute approximate surface area is 177 Å². The summed E-state index contributed by atoms with van der Waals surface area (Å²) in [5.74, 6) is 0.0547. The van der Waals surface area contributed by atoms with E-state index in [1.165, 1.54) is 11.1 Å². The molecule has 0 saturated carbocycles.